The van der Waals surface area contributed by atoms with E-state index in [1.165, 1.54) is 5.56 Å². The summed E-state index contributed by atoms with van der Waals surface area (Å²) in [7, 11) is 0. The van der Waals surface area contributed by atoms with Crippen LogP contribution < -0.4 is 11.4 Å². The van der Waals surface area contributed by atoms with Gasteiger partial charge in [-0.1, -0.05) is 6.07 Å². The van der Waals surface area contributed by atoms with Crippen LogP contribution in [0.4, 0.5) is 0 Å². The summed E-state index contributed by atoms with van der Waals surface area (Å²) in [5.74, 6) is 0. The first-order chi connectivity index (χ1) is 7.29. The molecule has 0 spiro atoms. The maximum Gasteiger partial charge on any atom is 0.323 e. The number of benzene rings is 1. The fourth-order valence-corrected chi connectivity index (χ4v) is 1.71. The van der Waals surface area contributed by atoms with E-state index in [9.17, 15) is 4.79 Å². The number of aromatic nitrogens is 2. The maximum atomic E-state index is 11.0. The Morgan fingerprint density at radius 3 is 2.73 bits per heavy atom. The van der Waals surface area contributed by atoms with Gasteiger partial charge in [-0.05, 0) is 43.5 Å². The summed E-state index contributed by atoms with van der Waals surface area (Å²) in [4.78, 5) is 16.5. The maximum absolute atomic E-state index is 11.0. The summed E-state index contributed by atoms with van der Waals surface area (Å²) in [5.41, 5.74) is 8.27. The Bertz CT molecular complexity index is 498. The Labute approximate surface area is 87.5 Å². The first-order valence-electron chi connectivity index (χ1n) is 5.20. The SMILES string of the molecule is NCCCCc1ccc2[nH]c(=O)[nH]c2c1. The highest BCUT2D eigenvalue weighted by Gasteiger charge is 1.99. The third-order valence-electron chi connectivity index (χ3n) is 2.50. The monoisotopic (exact) mass is 205 g/mol. The zero-order chi connectivity index (χ0) is 10.7. The number of H-pyrrole nitrogens is 2. The molecule has 1 heterocycles. The van der Waals surface area contributed by atoms with Gasteiger partial charge in [-0.25, -0.2) is 4.79 Å². The third-order valence-corrected chi connectivity index (χ3v) is 2.50. The predicted octanol–water partition coefficient (Wildman–Crippen LogP) is 1.14. The number of imidazole rings is 1. The van der Waals surface area contributed by atoms with Gasteiger partial charge in [0, 0.05) is 0 Å². The zero-order valence-electron chi connectivity index (χ0n) is 8.55. The Morgan fingerprint density at radius 2 is 1.93 bits per heavy atom. The van der Waals surface area contributed by atoms with E-state index in [0.29, 0.717) is 0 Å². The average Bonchev–Trinajstić information content (AvgIpc) is 2.57. The highest BCUT2D eigenvalue weighted by Crippen LogP contribution is 2.12. The van der Waals surface area contributed by atoms with E-state index >= 15 is 0 Å². The van der Waals surface area contributed by atoms with Crippen molar-refractivity contribution in [2.24, 2.45) is 5.73 Å². The van der Waals surface area contributed by atoms with Crippen LogP contribution in [0.25, 0.3) is 11.0 Å². The molecule has 0 aliphatic rings. The molecule has 80 valence electrons. The topological polar surface area (TPSA) is 74.7 Å². The van der Waals surface area contributed by atoms with E-state index in [-0.39, 0.29) is 5.69 Å². The highest BCUT2D eigenvalue weighted by molar-refractivity contribution is 5.74. The van der Waals surface area contributed by atoms with Gasteiger partial charge in [0.15, 0.2) is 0 Å². The molecule has 1 aromatic carbocycles. The summed E-state index contributed by atoms with van der Waals surface area (Å²) in [5, 5.41) is 0. The Balaban J connectivity index is 2.19. The summed E-state index contributed by atoms with van der Waals surface area (Å²) in [6.07, 6.45) is 3.15. The van der Waals surface area contributed by atoms with Crippen molar-refractivity contribution >= 4 is 11.0 Å². The van der Waals surface area contributed by atoms with E-state index in [4.69, 9.17) is 5.73 Å². The minimum absolute atomic E-state index is 0.149. The van der Waals surface area contributed by atoms with Gasteiger partial charge in [0.25, 0.3) is 0 Å². The molecule has 2 aromatic rings. The molecule has 4 heteroatoms. The van der Waals surface area contributed by atoms with Gasteiger partial charge >= 0.3 is 5.69 Å². The Hall–Kier alpha value is -1.55. The van der Waals surface area contributed by atoms with Crippen molar-refractivity contribution in [2.75, 3.05) is 6.54 Å². The number of fused-ring (bicyclic) bond motifs is 1. The van der Waals surface area contributed by atoms with Gasteiger partial charge in [0.05, 0.1) is 11.0 Å². The molecule has 0 aliphatic carbocycles. The number of hydrogen-bond acceptors (Lipinski definition) is 2. The van der Waals surface area contributed by atoms with Gasteiger partial charge < -0.3 is 15.7 Å². The number of unbranched alkanes of at least 4 members (excludes halogenated alkanes) is 1. The zero-order valence-corrected chi connectivity index (χ0v) is 8.55. The Kier molecular flexibility index (Phi) is 2.87. The minimum atomic E-state index is -0.149. The lowest BCUT2D eigenvalue weighted by Gasteiger charge is -2.00. The number of rotatable bonds is 4. The van der Waals surface area contributed by atoms with Gasteiger partial charge in [-0.15, -0.1) is 0 Å². The van der Waals surface area contributed by atoms with Crippen LogP contribution in [0.1, 0.15) is 18.4 Å². The number of hydrogen-bond donors (Lipinski definition) is 3. The molecule has 4 N–H and O–H groups in total. The quantitative estimate of drug-likeness (QED) is 0.655. The van der Waals surface area contributed by atoms with Crippen LogP contribution in [0.3, 0.4) is 0 Å². The van der Waals surface area contributed by atoms with Crippen molar-refractivity contribution in [3.63, 3.8) is 0 Å². The van der Waals surface area contributed by atoms with Gasteiger partial charge in [-0.3, -0.25) is 0 Å². The lowest BCUT2D eigenvalue weighted by Crippen LogP contribution is -1.99. The molecule has 0 amide bonds. The van der Waals surface area contributed by atoms with Gasteiger partial charge in [-0.2, -0.15) is 0 Å². The first-order valence-corrected chi connectivity index (χ1v) is 5.20. The van der Waals surface area contributed by atoms with Crippen molar-refractivity contribution in [3.8, 4) is 0 Å². The summed E-state index contributed by atoms with van der Waals surface area (Å²) in [6, 6.07) is 6.00. The van der Waals surface area contributed by atoms with E-state index in [2.05, 4.69) is 9.97 Å². The molecular weight excluding hydrogens is 190 g/mol. The van der Waals surface area contributed by atoms with Crippen molar-refractivity contribution < 1.29 is 0 Å². The van der Waals surface area contributed by atoms with Crippen LogP contribution >= 0.6 is 0 Å². The number of aryl methyl sites for hydroxylation is 1. The van der Waals surface area contributed by atoms with E-state index in [0.717, 1.165) is 36.8 Å². The fourth-order valence-electron chi connectivity index (χ4n) is 1.71. The van der Waals surface area contributed by atoms with E-state index < -0.39 is 0 Å². The van der Waals surface area contributed by atoms with Crippen LogP contribution in [0.15, 0.2) is 23.0 Å². The van der Waals surface area contributed by atoms with Crippen molar-refractivity contribution in [1.29, 1.82) is 0 Å². The molecule has 0 unspecified atom stereocenters. The number of aromatic amines is 2. The fraction of sp³-hybridized carbons (Fsp3) is 0.364. The summed E-state index contributed by atoms with van der Waals surface area (Å²) < 4.78 is 0. The molecule has 0 bridgehead atoms. The molecule has 2 rings (SSSR count). The lowest BCUT2D eigenvalue weighted by atomic mass is 10.1. The average molecular weight is 205 g/mol. The molecule has 0 saturated heterocycles. The largest absolute Gasteiger partial charge is 0.330 e. The smallest absolute Gasteiger partial charge is 0.323 e. The Morgan fingerprint density at radius 1 is 1.13 bits per heavy atom. The molecule has 1 aromatic heterocycles. The minimum Gasteiger partial charge on any atom is -0.330 e. The van der Waals surface area contributed by atoms with Crippen molar-refractivity contribution in [3.05, 3.63) is 34.2 Å². The second-order valence-corrected chi connectivity index (χ2v) is 3.70. The molecule has 0 fully saturated rings. The van der Waals surface area contributed by atoms with Crippen molar-refractivity contribution in [2.45, 2.75) is 19.3 Å². The lowest BCUT2D eigenvalue weighted by molar-refractivity contribution is 0.745. The van der Waals surface area contributed by atoms with Gasteiger partial charge in [0.2, 0.25) is 0 Å². The molecular formula is C11H15N3O. The van der Waals surface area contributed by atoms with Crippen LogP contribution in [0.2, 0.25) is 0 Å². The number of nitrogens with one attached hydrogen (secondary N) is 2. The van der Waals surface area contributed by atoms with Crippen LogP contribution in [0.5, 0.6) is 0 Å². The normalized spacial score (nSPS) is 11.0. The molecule has 0 aliphatic heterocycles. The van der Waals surface area contributed by atoms with E-state index in [1.54, 1.807) is 0 Å². The molecule has 4 nitrogen and oxygen atoms in total. The van der Waals surface area contributed by atoms with E-state index in [1.807, 2.05) is 18.2 Å². The summed E-state index contributed by atoms with van der Waals surface area (Å²) >= 11 is 0. The van der Waals surface area contributed by atoms with Crippen molar-refractivity contribution in [1.82, 2.24) is 9.97 Å². The summed E-state index contributed by atoms with van der Waals surface area (Å²) in [6.45, 7) is 0.739. The first kappa shape index (κ1) is 9.98. The standard InChI is InChI=1S/C11H15N3O/c12-6-2-1-3-8-4-5-9-10(7-8)14-11(15)13-9/h4-5,7H,1-3,6,12H2,(H2,13,14,15). The third kappa shape index (κ3) is 2.27. The van der Waals surface area contributed by atoms with Crippen LogP contribution in [-0.4, -0.2) is 16.5 Å². The predicted molar refractivity (Wildman–Crippen MR) is 60.9 cm³/mol. The number of nitrogens with two attached hydrogens (primary N) is 1. The molecule has 15 heavy (non-hydrogen) atoms. The highest BCUT2D eigenvalue weighted by atomic mass is 16.1. The van der Waals surface area contributed by atoms with Crippen LogP contribution in [-0.2, 0) is 6.42 Å². The molecule has 0 atom stereocenters. The molecule has 0 saturated carbocycles. The van der Waals surface area contributed by atoms with Gasteiger partial charge in [0.1, 0.15) is 0 Å². The molecule has 0 radical (unpaired) electrons. The van der Waals surface area contributed by atoms with Crippen LogP contribution in [0, 0.1) is 0 Å². The second-order valence-electron chi connectivity index (χ2n) is 3.70. The second kappa shape index (κ2) is 4.31.